The van der Waals surface area contributed by atoms with E-state index in [1.54, 1.807) is 11.9 Å². The first-order valence-corrected chi connectivity index (χ1v) is 3.06. The Bertz CT molecular complexity index is 116. The molecule has 0 heterocycles. The third-order valence-electron chi connectivity index (χ3n) is 0.882. The largest absolute Gasteiger partial charge is 0.313 e. The highest BCUT2D eigenvalue weighted by atomic mass is 15.1. The van der Waals surface area contributed by atoms with E-state index in [1.807, 2.05) is 0 Å². The quantitative estimate of drug-likeness (QED) is 0.392. The lowest BCUT2D eigenvalue weighted by molar-refractivity contribution is 0.293. The maximum Gasteiger partial charge on any atom is 0.179 e. The van der Waals surface area contributed by atoms with Gasteiger partial charge in [-0.15, -0.1) is 0 Å². The number of hydrogen-bond acceptors (Lipinski definition) is 2. The highest BCUT2D eigenvalue weighted by Crippen LogP contribution is 2.12. The third-order valence-corrected chi connectivity index (χ3v) is 0.882. The molecule has 0 aliphatic rings. The lowest BCUT2D eigenvalue weighted by atomic mass is 9.97. The van der Waals surface area contributed by atoms with E-state index in [0.29, 0.717) is 0 Å². The first-order valence-electron chi connectivity index (χ1n) is 3.06. The fraction of sp³-hybridized carbons (Fsp3) is 0.857. The van der Waals surface area contributed by atoms with E-state index in [1.165, 1.54) is 0 Å². The van der Waals surface area contributed by atoms with Crippen molar-refractivity contribution in [3.63, 3.8) is 0 Å². The Morgan fingerprint density at radius 3 is 2.00 bits per heavy atom. The number of nitriles is 1. The minimum Gasteiger partial charge on any atom is -0.313 e. The monoisotopic (exact) mass is 126 g/mol. The molecule has 2 heteroatoms. The molecule has 0 fully saturated rings. The lowest BCUT2D eigenvalue weighted by Gasteiger charge is -2.21. The van der Waals surface area contributed by atoms with E-state index >= 15 is 0 Å². The molecule has 0 atom stereocenters. The van der Waals surface area contributed by atoms with E-state index in [2.05, 4.69) is 27.0 Å². The van der Waals surface area contributed by atoms with Gasteiger partial charge in [0.1, 0.15) is 0 Å². The zero-order valence-electron chi connectivity index (χ0n) is 6.60. The van der Waals surface area contributed by atoms with Crippen molar-refractivity contribution in [2.24, 2.45) is 5.41 Å². The summed E-state index contributed by atoms with van der Waals surface area (Å²) in [6.07, 6.45) is 2.05. The Labute approximate surface area is 57.1 Å². The normalized spacial score (nSPS) is 10.6. The van der Waals surface area contributed by atoms with E-state index < -0.39 is 0 Å². The number of nitrogens with zero attached hydrogens (tertiary/aromatic N) is 2. The molecule has 0 saturated heterocycles. The van der Waals surface area contributed by atoms with Crippen LogP contribution in [0, 0.1) is 16.9 Å². The second-order valence-corrected chi connectivity index (χ2v) is 3.52. The summed E-state index contributed by atoms with van der Waals surface area (Å²) in [5, 5.41) is 8.37. The molecule has 0 aliphatic carbocycles. The molecule has 0 aromatic carbocycles. The van der Waals surface area contributed by atoms with Gasteiger partial charge in [0.15, 0.2) is 6.19 Å². The number of rotatable bonds is 1. The second kappa shape index (κ2) is 2.72. The van der Waals surface area contributed by atoms with Crippen LogP contribution in [0.1, 0.15) is 20.8 Å². The van der Waals surface area contributed by atoms with Gasteiger partial charge in [-0.05, 0) is 5.41 Å². The van der Waals surface area contributed by atoms with Crippen LogP contribution in [0.25, 0.3) is 0 Å². The topological polar surface area (TPSA) is 27.0 Å². The van der Waals surface area contributed by atoms with Gasteiger partial charge < -0.3 is 4.90 Å². The predicted molar refractivity (Wildman–Crippen MR) is 37.7 cm³/mol. The third kappa shape index (κ3) is 5.16. The van der Waals surface area contributed by atoms with Crippen molar-refractivity contribution in [2.75, 3.05) is 13.6 Å². The van der Waals surface area contributed by atoms with Crippen molar-refractivity contribution >= 4 is 0 Å². The van der Waals surface area contributed by atoms with Gasteiger partial charge in [-0.25, -0.2) is 0 Å². The van der Waals surface area contributed by atoms with Crippen LogP contribution >= 0.6 is 0 Å². The van der Waals surface area contributed by atoms with Crippen LogP contribution in [0.2, 0.25) is 0 Å². The van der Waals surface area contributed by atoms with Crippen molar-refractivity contribution in [1.29, 1.82) is 5.26 Å². The van der Waals surface area contributed by atoms with Crippen LogP contribution in [0.5, 0.6) is 0 Å². The average molecular weight is 126 g/mol. The zero-order chi connectivity index (χ0) is 7.49. The summed E-state index contributed by atoms with van der Waals surface area (Å²) in [5.41, 5.74) is 0.227. The Kier molecular flexibility index (Phi) is 2.51. The summed E-state index contributed by atoms with van der Waals surface area (Å²) >= 11 is 0. The molecule has 9 heavy (non-hydrogen) atoms. The average Bonchev–Trinajstić information content (AvgIpc) is 1.62. The van der Waals surface area contributed by atoms with Crippen LogP contribution in [0.4, 0.5) is 0 Å². The zero-order valence-corrected chi connectivity index (χ0v) is 6.60. The van der Waals surface area contributed by atoms with Crippen LogP contribution < -0.4 is 0 Å². The molecule has 0 bridgehead atoms. The molecule has 0 radical (unpaired) electrons. The van der Waals surface area contributed by atoms with Crippen molar-refractivity contribution in [1.82, 2.24) is 4.90 Å². The second-order valence-electron chi connectivity index (χ2n) is 3.52. The van der Waals surface area contributed by atoms with Gasteiger partial charge in [0.25, 0.3) is 0 Å². The Hall–Kier alpha value is -0.710. The molecule has 0 aromatic heterocycles. The van der Waals surface area contributed by atoms with E-state index in [-0.39, 0.29) is 5.41 Å². The fourth-order valence-electron chi connectivity index (χ4n) is 0.747. The van der Waals surface area contributed by atoms with Crippen LogP contribution in [0.3, 0.4) is 0 Å². The first kappa shape index (κ1) is 8.29. The maximum absolute atomic E-state index is 8.37. The highest BCUT2D eigenvalue weighted by Gasteiger charge is 2.11. The number of hydrogen-bond donors (Lipinski definition) is 0. The van der Waals surface area contributed by atoms with Gasteiger partial charge in [-0.3, -0.25) is 0 Å². The van der Waals surface area contributed by atoms with Gasteiger partial charge >= 0.3 is 0 Å². The Morgan fingerprint density at radius 2 is 1.89 bits per heavy atom. The van der Waals surface area contributed by atoms with Crippen molar-refractivity contribution in [3.05, 3.63) is 0 Å². The summed E-state index contributed by atoms with van der Waals surface area (Å²) < 4.78 is 0. The van der Waals surface area contributed by atoms with Crippen LogP contribution in [-0.4, -0.2) is 18.5 Å². The predicted octanol–water partition coefficient (Wildman–Crippen LogP) is 1.45. The Morgan fingerprint density at radius 1 is 1.44 bits per heavy atom. The summed E-state index contributed by atoms with van der Waals surface area (Å²) in [5.74, 6) is 0. The molecule has 0 aromatic rings. The van der Waals surface area contributed by atoms with E-state index in [0.717, 1.165) is 6.54 Å². The van der Waals surface area contributed by atoms with Gasteiger partial charge in [0, 0.05) is 13.6 Å². The van der Waals surface area contributed by atoms with Crippen LogP contribution in [0.15, 0.2) is 0 Å². The molecular formula is C7H14N2. The smallest absolute Gasteiger partial charge is 0.179 e. The molecule has 0 spiro atoms. The SMILES string of the molecule is CN(C#N)CC(C)(C)C. The lowest BCUT2D eigenvalue weighted by Crippen LogP contribution is -2.25. The van der Waals surface area contributed by atoms with Crippen molar-refractivity contribution in [2.45, 2.75) is 20.8 Å². The van der Waals surface area contributed by atoms with Crippen LogP contribution in [-0.2, 0) is 0 Å². The molecule has 52 valence electrons. The summed E-state index contributed by atoms with van der Waals surface area (Å²) in [6, 6.07) is 0. The molecule has 2 nitrogen and oxygen atoms in total. The maximum atomic E-state index is 8.37. The molecule has 0 unspecified atom stereocenters. The minimum absolute atomic E-state index is 0.227. The van der Waals surface area contributed by atoms with Gasteiger partial charge in [-0.2, -0.15) is 5.26 Å². The van der Waals surface area contributed by atoms with Crippen molar-refractivity contribution < 1.29 is 0 Å². The summed E-state index contributed by atoms with van der Waals surface area (Å²) in [6.45, 7) is 7.16. The minimum atomic E-state index is 0.227. The van der Waals surface area contributed by atoms with E-state index in [4.69, 9.17) is 5.26 Å². The molecule has 0 aliphatic heterocycles. The summed E-state index contributed by atoms with van der Waals surface area (Å²) in [4.78, 5) is 1.64. The molecule has 0 N–H and O–H groups in total. The van der Waals surface area contributed by atoms with Gasteiger partial charge in [-0.1, -0.05) is 20.8 Å². The highest BCUT2D eigenvalue weighted by molar-refractivity contribution is 4.74. The van der Waals surface area contributed by atoms with Crippen molar-refractivity contribution in [3.8, 4) is 6.19 Å². The standard InChI is InChI=1S/C7H14N2/c1-7(2,3)5-9(4)6-8/h5H2,1-4H3. The molecule has 0 rings (SSSR count). The fourth-order valence-corrected chi connectivity index (χ4v) is 0.747. The molecular weight excluding hydrogens is 112 g/mol. The van der Waals surface area contributed by atoms with Gasteiger partial charge in [0.2, 0.25) is 0 Å². The molecule has 0 amide bonds. The van der Waals surface area contributed by atoms with Gasteiger partial charge in [0.05, 0.1) is 0 Å². The molecule has 0 saturated carbocycles. The Balaban J connectivity index is 3.63. The summed E-state index contributed by atoms with van der Waals surface area (Å²) in [7, 11) is 1.80. The first-order chi connectivity index (χ1) is 3.95. The van der Waals surface area contributed by atoms with E-state index in [9.17, 15) is 0 Å².